The standard InChI is InChI=1S/C8H6Cl2N2/c1-12-8(10)6-3-2-5(9)4-7(6)11/h2-4,11H,1H2/b8-6-,11-7?. The number of aliphatic imine (C=N–C) groups is 1. The maximum absolute atomic E-state index is 7.47. The van der Waals surface area contributed by atoms with Crippen LogP contribution in [0.4, 0.5) is 0 Å². The molecule has 0 saturated heterocycles. The SMILES string of the molecule is C=N/C(Cl)=C1/C=CC(Cl)=CC1=N. The van der Waals surface area contributed by atoms with E-state index in [1.807, 2.05) is 0 Å². The minimum absolute atomic E-state index is 0.219. The first kappa shape index (κ1) is 9.23. The predicted molar refractivity (Wildman–Crippen MR) is 53.2 cm³/mol. The molecule has 1 aliphatic rings. The molecule has 0 heterocycles. The van der Waals surface area contributed by atoms with Crippen molar-refractivity contribution < 1.29 is 0 Å². The van der Waals surface area contributed by atoms with E-state index in [0.29, 0.717) is 10.6 Å². The number of rotatable bonds is 1. The number of allylic oxidation sites excluding steroid dienone is 5. The van der Waals surface area contributed by atoms with Crippen LogP contribution in [-0.2, 0) is 0 Å². The Kier molecular flexibility index (Phi) is 2.84. The first-order chi connectivity index (χ1) is 5.65. The molecule has 0 radical (unpaired) electrons. The van der Waals surface area contributed by atoms with Gasteiger partial charge in [-0.3, -0.25) is 4.99 Å². The number of hydrogen-bond donors (Lipinski definition) is 1. The first-order valence-electron chi connectivity index (χ1n) is 3.16. The van der Waals surface area contributed by atoms with Crippen molar-refractivity contribution in [2.24, 2.45) is 4.99 Å². The van der Waals surface area contributed by atoms with Crippen LogP contribution in [0.15, 0.2) is 39.0 Å². The quantitative estimate of drug-likeness (QED) is 0.500. The molecule has 0 atom stereocenters. The van der Waals surface area contributed by atoms with E-state index >= 15 is 0 Å². The number of hydrogen-bond acceptors (Lipinski definition) is 2. The van der Waals surface area contributed by atoms with Crippen LogP contribution in [0.25, 0.3) is 0 Å². The predicted octanol–water partition coefficient (Wildman–Crippen LogP) is 2.85. The van der Waals surface area contributed by atoms with Gasteiger partial charge in [0, 0.05) is 10.6 Å². The molecule has 0 bridgehead atoms. The average molecular weight is 201 g/mol. The molecular formula is C8H6Cl2N2. The van der Waals surface area contributed by atoms with Gasteiger partial charge in [0.25, 0.3) is 0 Å². The van der Waals surface area contributed by atoms with Crippen molar-refractivity contribution in [3.05, 3.63) is 34.0 Å². The van der Waals surface area contributed by atoms with Crippen LogP contribution in [-0.4, -0.2) is 12.4 Å². The number of halogens is 2. The molecule has 0 aromatic carbocycles. The summed E-state index contributed by atoms with van der Waals surface area (Å²) in [7, 11) is 0. The zero-order valence-electron chi connectivity index (χ0n) is 6.14. The van der Waals surface area contributed by atoms with E-state index in [1.165, 1.54) is 6.08 Å². The smallest absolute Gasteiger partial charge is 0.137 e. The van der Waals surface area contributed by atoms with Crippen LogP contribution in [0.1, 0.15) is 0 Å². The van der Waals surface area contributed by atoms with Gasteiger partial charge in [0.1, 0.15) is 5.16 Å². The Morgan fingerprint density at radius 3 is 2.67 bits per heavy atom. The zero-order valence-corrected chi connectivity index (χ0v) is 7.65. The van der Waals surface area contributed by atoms with Gasteiger partial charge >= 0.3 is 0 Å². The van der Waals surface area contributed by atoms with Crippen molar-refractivity contribution in [1.29, 1.82) is 5.41 Å². The molecule has 0 aromatic rings. The maximum Gasteiger partial charge on any atom is 0.137 e. The zero-order chi connectivity index (χ0) is 9.14. The van der Waals surface area contributed by atoms with Gasteiger partial charge in [0.15, 0.2) is 0 Å². The fraction of sp³-hybridized carbons (Fsp3) is 0. The summed E-state index contributed by atoms with van der Waals surface area (Å²) in [6.45, 7) is 3.27. The second-order valence-electron chi connectivity index (χ2n) is 2.14. The van der Waals surface area contributed by atoms with Crippen molar-refractivity contribution in [1.82, 2.24) is 0 Å². The highest BCUT2D eigenvalue weighted by atomic mass is 35.5. The minimum atomic E-state index is 0.219. The van der Waals surface area contributed by atoms with Crippen LogP contribution in [0.2, 0.25) is 0 Å². The third-order valence-corrected chi connectivity index (χ3v) is 1.90. The molecule has 0 fully saturated rings. The Hall–Kier alpha value is -0.860. The molecule has 1 aliphatic carbocycles. The van der Waals surface area contributed by atoms with Gasteiger partial charge in [-0.2, -0.15) is 0 Å². The van der Waals surface area contributed by atoms with Gasteiger partial charge in [-0.15, -0.1) is 0 Å². The molecule has 0 amide bonds. The molecular weight excluding hydrogens is 195 g/mol. The molecule has 4 heteroatoms. The van der Waals surface area contributed by atoms with Gasteiger partial charge < -0.3 is 5.41 Å². The Balaban J connectivity index is 3.09. The summed E-state index contributed by atoms with van der Waals surface area (Å²) in [6, 6.07) is 0. The van der Waals surface area contributed by atoms with Crippen LogP contribution >= 0.6 is 23.2 Å². The Labute approximate surface area is 80.4 Å². The van der Waals surface area contributed by atoms with E-state index in [4.69, 9.17) is 28.6 Å². The van der Waals surface area contributed by atoms with Crippen LogP contribution in [0, 0.1) is 5.41 Å². The Morgan fingerprint density at radius 2 is 2.17 bits per heavy atom. The van der Waals surface area contributed by atoms with Gasteiger partial charge in [0.2, 0.25) is 0 Å². The van der Waals surface area contributed by atoms with Crippen molar-refractivity contribution in [3.63, 3.8) is 0 Å². The van der Waals surface area contributed by atoms with Crippen LogP contribution in [0.3, 0.4) is 0 Å². The molecule has 2 nitrogen and oxygen atoms in total. The summed E-state index contributed by atoms with van der Waals surface area (Å²) in [5.41, 5.74) is 0.788. The van der Waals surface area contributed by atoms with E-state index in [1.54, 1.807) is 12.2 Å². The third kappa shape index (κ3) is 1.84. The monoisotopic (exact) mass is 200 g/mol. The normalized spacial score (nSPS) is 20.5. The lowest BCUT2D eigenvalue weighted by molar-refractivity contribution is 1.43. The summed E-state index contributed by atoms with van der Waals surface area (Å²) in [4.78, 5) is 3.52. The van der Waals surface area contributed by atoms with E-state index in [0.717, 1.165) is 0 Å². The van der Waals surface area contributed by atoms with Crippen molar-refractivity contribution in [2.45, 2.75) is 0 Å². The summed E-state index contributed by atoms with van der Waals surface area (Å²) < 4.78 is 0. The second-order valence-corrected chi connectivity index (χ2v) is 2.93. The van der Waals surface area contributed by atoms with Gasteiger partial charge in [-0.05, 0) is 24.9 Å². The Morgan fingerprint density at radius 1 is 1.50 bits per heavy atom. The summed E-state index contributed by atoms with van der Waals surface area (Å²) in [5, 5.41) is 8.20. The van der Waals surface area contributed by atoms with E-state index in [2.05, 4.69) is 11.7 Å². The van der Waals surface area contributed by atoms with Crippen molar-refractivity contribution in [2.75, 3.05) is 0 Å². The topological polar surface area (TPSA) is 36.2 Å². The third-order valence-electron chi connectivity index (χ3n) is 1.34. The molecule has 62 valence electrons. The molecule has 1 N–H and O–H groups in total. The summed E-state index contributed by atoms with van der Waals surface area (Å²) in [6.07, 6.45) is 4.80. The van der Waals surface area contributed by atoms with Gasteiger partial charge in [0.05, 0.1) is 5.71 Å². The fourth-order valence-electron chi connectivity index (χ4n) is 0.782. The Bertz CT molecular complexity index is 324. The minimum Gasteiger partial charge on any atom is -0.300 e. The molecule has 0 aromatic heterocycles. The average Bonchev–Trinajstić information content (AvgIpc) is 2.03. The summed E-state index contributed by atoms with van der Waals surface area (Å²) >= 11 is 11.3. The highest BCUT2D eigenvalue weighted by Gasteiger charge is 2.09. The fourth-order valence-corrected chi connectivity index (χ4v) is 1.12. The second kappa shape index (κ2) is 3.70. The van der Waals surface area contributed by atoms with E-state index < -0.39 is 0 Å². The lowest BCUT2D eigenvalue weighted by atomic mass is 10.1. The first-order valence-corrected chi connectivity index (χ1v) is 3.91. The lowest BCUT2D eigenvalue weighted by Gasteiger charge is -2.05. The maximum atomic E-state index is 7.47. The largest absolute Gasteiger partial charge is 0.300 e. The highest BCUT2D eigenvalue weighted by molar-refractivity contribution is 6.37. The van der Waals surface area contributed by atoms with E-state index in [-0.39, 0.29) is 10.9 Å². The highest BCUT2D eigenvalue weighted by Crippen LogP contribution is 2.20. The van der Waals surface area contributed by atoms with Crippen LogP contribution < -0.4 is 0 Å². The van der Waals surface area contributed by atoms with Crippen LogP contribution in [0.5, 0.6) is 0 Å². The molecule has 1 rings (SSSR count). The summed E-state index contributed by atoms with van der Waals surface area (Å²) in [5.74, 6) is 0. The molecule has 0 saturated carbocycles. The van der Waals surface area contributed by atoms with Gasteiger partial charge in [-0.25, -0.2) is 0 Å². The van der Waals surface area contributed by atoms with Gasteiger partial charge in [-0.1, -0.05) is 23.2 Å². The van der Waals surface area contributed by atoms with Crippen molar-refractivity contribution in [3.8, 4) is 0 Å². The van der Waals surface area contributed by atoms with Crippen molar-refractivity contribution >= 4 is 35.6 Å². The number of nitrogens with zero attached hydrogens (tertiary/aromatic N) is 1. The molecule has 0 aliphatic heterocycles. The van der Waals surface area contributed by atoms with E-state index in [9.17, 15) is 0 Å². The molecule has 0 unspecified atom stereocenters. The molecule has 0 spiro atoms. The lowest BCUT2D eigenvalue weighted by Crippen LogP contribution is -2.00. The number of nitrogens with one attached hydrogen (secondary N) is 1. The molecule has 12 heavy (non-hydrogen) atoms.